The van der Waals surface area contributed by atoms with E-state index in [1.807, 2.05) is 41.9 Å². The zero-order valence-electron chi connectivity index (χ0n) is 20.3. The molecule has 4 rings (SSSR count). The van der Waals surface area contributed by atoms with Gasteiger partial charge in [-0.1, -0.05) is 75.4 Å². The number of fused-ring (bicyclic) bond motifs is 1. The summed E-state index contributed by atoms with van der Waals surface area (Å²) in [7, 11) is 1.63. The number of hydrogen-bond donors (Lipinski definition) is 0. The summed E-state index contributed by atoms with van der Waals surface area (Å²) in [6, 6.07) is 18.8. The Morgan fingerprint density at radius 1 is 0.939 bits per heavy atom. The number of hydrogen-bond acceptors (Lipinski definition) is 5. The van der Waals surface area contributed by atoms with Crippen LogP contribution >= 0.6 is 0 Å². The predicted octanol–water partition coefficient (Wildman–Crippen LogP) is 5.77. The van der Waals surface area contributed by atoms with Crippen LogP contribution < -0.4 is 4.74 Å². The lowest BCUT2D eigenvalue weighted by Crippen LogP contribution is -2.13. The Balaban J connectivity index is 1.69. The fourth-order valence-corrected chi connectivity index (χ4v) is 3.94. The molecule has 172 valence electrons. The van der Waals surface area contributed by atoms with Gasteiger partial charge in [0.25, 0.3) is 0 Å². The molecule has 1 atom stereocenters. The normalized spacial score (nSPS) is 12.8. The Labute approximate surface area is 195 Å². The van der Waals surface area contributed by atoms with Gasteiger partial charge in [-0.2, -0.15) is 10.1 Å². The number of rotatable bonds is 7. The predicted molar refractivity (Wildman–Crippen MR) is 131 cm³/mol. The van der Waals surface area contributed by atoms with E-state index in [4.69, 9.17) is 19.6 Å². The Hall–Kier alpha value is -3.25. The van der Waals surface area contributed by atoms with Crippen LogP contribution in [0.2, 0.25) is 0 Å². The maximum absolute atomic E-state index is 6.01. The monoisotopic (exact) mass is 444 g/mol. The van der Waals surface area contributed by atoms with Crippen LogP contribution in [0.1, 0.15) is 61.9 Å². The van der Waals surface area contributed by atoms with Crippen molar-refractivity contribution in [1.82, 2.24) is 19.7 Å². The van der Waals surface area contributed by atoms with Crippen LogP contribution in [0.25, 0.3) is 11.0 Å². The van der Waals surface area contributed by atoms with Crippen LogP contribution in [-0.2, 0) is 23.4 Å². The first-order chi connectivity index (χ1) is 15.8. The molecule has 0 spiro atoms. The lowest BCUT2D eigenvalue weighted by Gasteiger charge is -2.20. The highest BCUT2D eigenvalue weighted by molar-refractivity contribution is 5.84. The third kappa shape index (κ3) is 4.91. The molecule has 0 radical (unpaired) electrons. The smallest absolute Gasteiger partial charge is 0.228 e. The Morgan fingerprint density at radius 3 is 2.27 bits per heavy atom. The molecule has 0 bridgehead atoms. The van der Waals surface area contributed by atoms with Crippen LogP contribution in [0.4, 0.5) is 0 Å². The van der Waals surface area contributed by atoms with E-state index in [2.05, 4.69) is 56.9 Å². The minimum Gasteiger partial charge on any atom is -0.480 e. The zero-order valence-corrected chi connectivity index (χ0v) is 20.3. The lowest BCUT2D eigenvalue weighted by molar-refractivity contribution is 0.105. The van der Waals surface area contributed by atoms with E-state index in [1.54, 1.807) is 7.11 Å². The van der Waals surface area contributed by atoms with Gasteiger partial charge in [-0.25, -0.2) is 9.67 Å². The SMILES string of the molecule is COc1nc(C)nc2c1c(COCc1ccccc1)nn2[C@@H](C)c1ccc(C(C)(C)C)cc1. The standard InChI is InChI=1S/C27H32N4O2/c1-18(21-12-14-22(15-13-21)27(3,4)5)31-25-24(26(32-6)29-19(2)28-25)23(30-31)17-33-16-20-10-8-7-9-11-20/h7-15,18H,16-17H2,1-6H3/t18-/m0/s1. The van der Waals surface area contributed by atoms with Crippen LogP contribution in [-0.4, -0.2) is 26.9 Å². The molecule has 2 heterocycles. The molecule has 2 aromatic heterocycles. The molecule has 6 heteroatoms. The van der Waals surface area contributed by atoms with Crippen molar-refractivity contribution in [3.63, 3.8) is 0 Å². The largest absolute Gasteiger partial charge is 0.480 e. The first-order valence-corrected chi connectivity index (χ1v) is 11.3. The maximum Gasteiger partial charge on any atom is 0.228 e. The molecule has 4 aromatic rings. The first kappa shape index (κ1) is 22.9. The van der Waals surface area contributed by atoms with E-state index in [1.165, 1.54) is 11.1 Å². The molecule has 0 aliphatic heterocycles. The van der Waals surface area contributed by atoms with E-state index >= 15 is 0 Å². The zero-order chi connectivity index (χ0) is 23.6. The van der Waals surface area contributed by atoms with Crippen molar-refractivity contribution in [1.29, 1.82) is 0 Å². The Kier molecular flexibility index (Phi) is 6.47. The molecule has 0 saturated heterocycles. The lowest BCUT2D eigenvalue weighted by atomic mass is 9.86. The second-order valence-corrected chi connectivity index (χ2v) is 9.40. The van der Waals surface area contributed by atoms with E-state index < -0.39 is 0 Å². The van der Waals surface area contributed by atoms with Gasteiger partial charge in [-0.15, -0.1) is 0 Å². The summed E-state index contributed by atoms with van der Waals surface area (Å²) in [6.45, 7) is 11.5. The van der Waals surface area contributed by atoms with Gasteiger partial charge in [0.15, 0.2) is 5.65 Å². The van der Waals surface area contributed by atoms with Crippen molar-refractivity contribution < 1.29 is 9.47 Å². The fraction of sp³-hybridized carbons (Fsp3) is 0.370. The quantitative estimate of drug-likeness (QED) is 0.362. The highest BCUT2D eigenvalue weighted by atomic mass is 16.5. The van der Waals surface area contributed by atoms with Crippen LogP contribution in [0, 0.1) is 6.92 Å². The number of nitrogens with zero attached hydrogens (tertiary/aromatic N) is 4. The van der Waals surface area contributed by atoms with Gasteiger partial charge in [0, 0.05) is 0 Å². The molecular weight excluding hydrogens is 412 g/mol. The Bertz CT molecular complexity index is 1230. The number of methoxy groups -OCH3 is 1. The van der Waals surface area contributed by atoms with Gasteiger partial charge in [0.1, 0.15) is 16.9 Å². The molecule has 6 nitrogen and oxygen atoms in total. The Morgan fingerprint density at radius 2 is 1.64 bits per heavy atom. The van der Waals surface area contributed by atoms with Gasteiger partial charge in [-0.3, -0.25) is 0 Å². The van der Waals surface area contributed by atoms with Gasteiger partial charge >= 0.3 is 0 Å². The van der Waals surface area contributed by atoms with Crippen molar-refractivity contribution >= 4 is 11.0 Å². The number of aromatic nitrogens is 4. The number of ether oxygens (including phenoxy) is 2. The average molecular weight is 445 g/mol. The molecule has 0 aliphatic carbocycles. The molecule has 0 aliphatic rings. The molecule has 2 aromatic carbocycles. The van der Waals surface area contributed by atoms with Crippen LogP contribution in [0.3, 0.4) is 0 Å². The fourth-order valence-electron chi connectivity index (χ4n) is 3.94. The third-order valence-corrected chi connectivity index (χ3v) is 5.87. The average Bonchev–Trinajstić information content (AvgIpc) is 3.16. The minimum absolute atomic E-state index is 0.0107. The van der Waals surface area contributed by atoms with Crippen molar-refractivity contribution in [3.8, 4) is 5.88 Å². The van der Waals surface area contributed by atoms with Gasteiger partial charge < -0.3 is 9.47 Å². The molecule has 0 fully saturated rings. The summed E-state index contributed by atoms with van der Waals surface area (Å²) in [4.78, 5) is 9.22. The summed E-state index contributed by atoms with van der Waals surface area (Å²) in [5.41, 5.74) is 5.23. The minimum atomic E-state index is -0.0107. The molecule has 0 N–H and O–H groups in total. The van der Waals surface area contributed by atoms with E-state index in [-0.39, 0.29) is 11.5 Å². The van der Waals surface area contributed by atoms with Crippen molar-refractivity contribution in [2.75, 3.05) is 7.11 Å². The van der Waals surface area contributed by atoms with Crippen molar-refractivity contribution in [2.24, 2.45) is 0 Å². The van der Waals surface area contributed by atoms with E-state index in [9.17, 15) is 0 Å². The van der Waals surface area contributed by atoms with E-state index in [0.717, 1.165) is 22.3 Å². The van der Waals surface area contributed by atoms with Crippen LogP contribution in [0.5, 0.6) is 5.88 Å². The van der Waals surface area contributed by atoms with Gasteiger partial charge in [0.05, 0.1) is 26.4 Å². The topological polar surface area (TPSA) is 62.1 Å². The number of benzene rings is 2. The number of aryl methyl sites for hydroxylation is 1. The summed E-state index contributed by atoms with van der Waals surface area (Å²) in [5, 5.41) is 5.73. The summed E-state index contributed by atoms with van der Waals surface area (Å²) >= 11 is 0. The second kappa shape index (κ2) is 9.32. The van der Waals surface area contributed by atoms with E-state index in [0.29, 0.717) is 24.9 Å². The van der Waals surface area contributed by atoms with Crippen LogP contribution in [0.15, 0.2) is 54.6 Å². The van der Waals surface area contributed by atoms with Crippen molar-refractivity contribution in [2.45, 2.75) is 59.3 Å². The maximum atomic E-state index is 6.01. The third-order valence-electron chi connectivity index (χ3n) is 5.87. The van der Waals surface area contributed by atoms with Gasteiger partial charge in [0.2, 0.25) is 5.88 Å². The van der Waals surface area contributed by atoms with Gasteiger partial charge in [-0.05, 0) is 36.0 Å². The molecule has 0 unspecified atom stereocenters. The second-order valence-electron chi connectivity index (χ2n) is 9.40. The highest BCUT2D eigenvalue weighted by Gasteiger charge is 2.23. The molecular formula is C27H32N4O2. The first-order valence-electron chi connectivity index (χ1n) is 11.3. The highest BCUT2D eigenvalue weighted by Crippen LogP contribution is 2.31. The summed E-state index contributed by atoms with van der Waals surface area (Å²) < 4.78 is 13.6. The molecule has 33 heavy (non-hydrogen) atoms. The molecule has 0 saturated carbocycles. The summed E-state index contributed by atoms with van der Waals surface area (Å²) in [6.07, 6.45) is 0. The van der Waals surface area contributed by atoms with Crippen molar-refractivity contribution in [3.05, 3.63) is 82.8 Å². The summed E-state index contributed by atoms with van der Waals surface area (Å²) in [5.74, 6) is 1.17. The molecule has 0 amide bonds.